The molecule has 0 aromatic heterocycles. The Kier molecular flexibility index (Phi) is 15.6. The second-order valence-electron chi connectivity index (χ2n) is 9.87. The maximum atomic E-state index is 3.37. The molecule has 2 aromatic rings. The van der Waals surface area contributed by atoms with Crippen LogP contribution in [0.1, 0.15) is 81.1 Å². The molecule has 0 spiro atoms. The fraction of sp³-hybridized carbons (Fsp3) is 0.519. The van der Waals surface area contributed by atoms with Crippen molar-refractivity contribution < 1.29 is 50.7 Å². The van der Waals surface area contributed by atoms with Crippen molar-refractivity contribution >= 4 is 24.0 Å². The quantitative estimate of drug-likeness (QED) is 0.273. The van der Waals surface area contributed by atoms with Crippen LogP contribution in [-0.2, 0) is 25.8 Å². The molecule has 0 atom stereocenters. The van der Waals surface area contributed by atoms with Gasteiger partial charge in [-0.1, -0.05) is 81.7 Å². The molecule has 1 aliphatic carbocycles. The third kappa shape index (κ3) is 9.92. The molecule has 2 aromatic carbocycles. The van der Waals surface area contributed by atoms with Gasteiger partial charge in [0.15, 0.2) is 0 Å². The van der Waals surface area contributed by atoms with Crippen molar-refractivity contribution in [3.05, 3.63) is 59.7 Å². The Morgan fingerprint density at radius 1 is 1.00 bits per heavy atom. The number of unbranched alkanes of at least 4 members (excludes halogenated alkanes) is 1. The van der Waals surface area contributed by atoms with Gasteiger partial charge in [-0.15, -0.1) is 53.7 Å². The number of halogens is 2. The molecule has 3 rings (SSSR count). The van der Waals surface area contributed by atoms with Gasteiger partial charge in [0.1, 0.15) is 0 Å². The van der Waals surface area contributed by atoms with Gasteiger partial charge in [-0.3, -0.25) is 6.08 Å². The van der Waals surface area contributed by atoms with Gasteiger partial charge in [0.25, 0.3) is 0 Å². The van der Waals surface area contributed by atoms with Gasteiger partial charge in [-0.2, -0.15) is 12.1 Å². The summed E-state index contributed by atoms with van der Waals surface area (Å²) < 4.78 is 0. The van der Waals surface area contributed by atoms with Gasteiger partial charge in [0.05, 0.1) is 0 Å². The van der Waals surface area contributed by atoms with E-state index in [0.717, 1.165) is 6.42 Å². The van der Waals surface area contributed by atoms with Gasteiger partial charge in [0.2, 0.25) is 0 Å². The van der Waals surface area contributed by atoms with Crippen LogP contribution in [0.15, 0.2) is 53.6 Å². The summed E-state index contributed by atoms with van der Waals surface area (Å²) in [6.07, 6.45) is 10.5. The first-order valence-electron chi connectivity index (χ1n) is 10.8. The number of hydrogen-bond donors (Lipinski definition) is 0. The first kappa shape index (κ1) is 33.4. The Morgan fingerprint density at radius 2 is 1.58 bits per heavy atom. The Labute approximate surface area is 224 Å². The maximum Gasteiger partial charge on any atom is 4.00 e. The minimum absolute atomic E-state index is 0. The summed E-state index contributed by atoms with van der Waals surface area (Å²) in [6, 6.07) is 13.5. The molecule has 0 aliphatic heterocycles. The Morgan fingerprint density at radius 3 is 2.03 bits per heavy atom. The molecule has 0 saturated heterocycles. The molecule has 4 heteroatoms. The van der Waals surface area contributed by atoms with Crippen molar-refractivity contribution in [2.45, 2.75) is 91.4 Å². The molecule has 0 N–H and O–H groups in total. The first-order chi connectivity index (χ1) is 13.0. The van der Waals surface area contributed by atoms with Gasteiger partial charge in [-0.05, 0) is 10.3 Å². The van der Waals surface area contributed by atoms with Gasteiger partial charge in [0, 0.05) is 0 Å². The Balaban J connectivity index is 0. The summed E-state index contributed by atoms with van der Waals surface area (Å²) in [5, 5.41) is 5.00. The SMILES string of the molecule is CC(C)(C)P(c1cc2ccccc2[cH-]1)C(C)(C)C.CCCCC1=[C-]CC=C1C.[Cl-].[Cl-].[Hf+4]. The van der Waals surface area contributed by atoms with E-state index in [9.17, 15) is 0 Å². The minimum Gasteiger partial charge on any atom is -1.00 e. The van der Waals surface area contributed by atoms with Crippen molar-refractivity contribution in [2.24, 2.45) is 0 Å². The third-order valence-electron chi connectivity index (χ3n) is 5.18. The van der Waals surface area contributed by atoms with Crippen molar-refractivity contribution in [3.63, 3.8) is 0 Å². The molecule has 0 radical (unpaired) electrons. The van der Waals surface area contributed by atoms with Gasteiger partial charge < -0.3 is 24.8 Å². The monoisotopic (exact) mass is 644 g/mol. The molecule has 0 nitrogen and oxygen atoms in total. The molecule has 0 unspecified atom stereocenters. The van der Waals surface area contributed by atoms with E-state index in [0.29, 0.717) is 10.3 Å². The van der Waals surface area contributed by atoms with Crippen LogP contribution in [-0.4, -0.2) is 10.3 Å². The second kappa shape index (κ2) is 14.5. The Hall–Kier alpha value is 0.190. The van der Waals surface area contributed by atoms with E-state index < -0.39 is 0 Å². The van der Waals surface area contributed by atoms with Crippen LogP contribution in [0.2, 0.25) is 0 Å². The van der Waals surface area contributed by atoms with Crippen molar-refractivity contribution in [3.8, 4) is 0 Å². The topological polar surface area (TPSA) is 0 Å². The standard InChI is InChI=1S/C17H24P.C10H15.2ClH.Hf/c1-16(2,3)18(17(4,5)6)15-11-13-9-7-8-10-14(13)12-15;1-3-4-7-10-8-5-6-9(10)2;;;/h7-12H,1-6H3;6H,3-5,7H2,1-2H3;2*1H;/q2*-1;;;+4/p-2. The third-order valence-corrected chi connectivity index (χ3v) is 8.64. The molecular formula is C27H39Cl2HfP. The number of rotatable bonds is 4. The normalized spacial score (nSPS) is 13.3. The molecule has 0 fully saturated rings. The van der Waals surface area contributed by atoms with E-state index in [1.165, 1.54) is 41.2 Å². The van der Waals surface area contributed by atoms with Crippen molar-refractivity contribution in [1.29, 1.82) is 0 Å². The Bertz CT molecular complexity index is 788. The number of benzene rings is 1. The fourth-order valence-corrected chi connectivity index (χ4v) is 8.37. The molecule has 1 aliphatic rings. The average molecular weight is 644 g/mol. The summed E-state index contributed by atoms with van der Waals surface area (Å²) in [5.74, 6) is 0. The van der Waals surface area contributed by atoms with Crippen LogP contribution < -0.4 is 30.1 Å². The molecule has 31 heavy (non-hydrogen) atoms. The van der Waals surface area contributed by atoms with Crippen molar-refractivity contribution in [1.82, 2.24) is 0 Å². The van der Waals surface area contributed by atoms with E-state index in [1.807, 2.05) is 0 Å². The zero-order valence-corrected chi connectivity index (χ0v) is 26.6. The van der Waals surface area contributed by atoms with Gasteiger partial charge >= 0.3 is 25.8 Å². The first-order valence-corrected chi connectivity index (χ1v) is 12.1. The largest absolute Gasteiger partial charge is 4.00 e. The van der Waals surface area contributed by atoms with Crippen LogP contribution in [0, 0.1) is 6.08 Å². The average Bonchev–Trinajstić information content (AvgIpc) is 3.16. The fourth-order valence-electron chi connectivity index (χ4n) is 4.27. The van der Waals surface area contributed by atoms with E-state index >= 15 is 0 Å². The number of allylic oxidation sites excluding steroid dienone is 4. The van der Waals surface area contributed by atoms with Crippen LogP contribution >= 0.6 is 7.92 Å². The number of fused-ring (bicyclic) bond motifs is 1. The zero-order chi connectivity index (χ0) is 20.9. The van der Waals surface area contributed by atoms with Crippen LogP contribution in [0.25, 0.3) is 10.8 Å². The minimum atomic E-state index is -0.185. The summed E-state index contributed by atoms with van der Waals surface area (Å²) >= 11 is 0. The van der Waals surface area contributed by atoms with Crippen molar-refractivity contribution in [2.75, 3.05) is 0 Å². The van der Waals surface area contributed by atoms with E-state index in [1.54, 1.807) is 5.30 Å². The summed E-state index contributed by atoms with van der Waals surface area (Å²) in [6.45, 7) is 18.7. The zero-order valence-electron chi connectivity index (χ0n) is 20.6. The van der Waals surface area contributed by atoms with E-state index in [4.69, 9.17) is 0 Å². The predicted molar refractivity (Wildman–Crippen MR) is 130 cm³/mol. The summed E-state index contributed by atoms with van der Waals surface area (Å²) in [7, 11) is -0.185. The van der Waals surface area contributed by atoms with Crippen LogP contribution in [0.4, 0.5) is 0 Å². The molecule has 0 bridgehead atoms. The second-order valence-corrected chi connectivity index (χ2v) is 13.7. The van der Waals surface area contributed by atoms with E-state index in [-0.39, 0.29) is 58.6 Å². The number of hydrogen-bond acceptors (Lipinski definition) is 0. The molecule has 0 amide bonds. The van der Waals surface area contributed by atoms with Crippen LogP contribution in [0.5, 0.6) is 0 Å². The smallest absolute Gasteiger partial charge is 1.00 e. The van der Waals surface area contributed by atoms with Crippen LogP contribution in [0.3, 0.4) is 0 Å². The summed E-state index contributed by atoms with van der Waals surface area (Å²) in [4.78, 5) is 0. The van der Waals surface area contributed by atoms with E-state index in [2.05, 4.69) is 104 Å². The summed E-state index contributed by atoms with van der Waals surface area (Å²) in [5.41, 5.74) is 2.91. The molecular weight excluding hydrogens is 605 g/mol. The molecule has 170 valence electrons. The molecule has 0 heterocycles. The molecule has 0 saturated carbocycles. The predicted octanol–water partition coefficient (Wildman–Crippen LogP) is 2.52. The maximum absolute atomic E-state index is 3.37. The van der Waals surface area contributed by atoms with Gasteiger partial charge in [-0.25, -0.2) is 11.1 Å².